The van der Waals surface area contributed by atoms with Crippen molar-refractivity contribution in [3.05, 3.63) is 53.8 Å². The SMILES string of the molecule is CC(COc1ccc(F)cc1)NC(=O)NC(C)c1ccc2c(c1)OCCO2. The molecule has 2 aromatic rings. The van der Waals surface area contributed by atoms with E-state index in [1.165, 1.54) is 12.1 Å². The Morgan fingerprint density at radius 1 is 1.07 bits per heavy atom. The van der Waals surface area contributed by atoms with Crippen molar-refractivity contribution in [1.82, 2.24) is 10.6 Å². The molecule has 0 saturated carbocycles. The van der Waals surface area contributed by atoms with Crippen molar-refractivity contribution in [3.63, 3.8) is 0 Å². The molecule has 2 N–H and O–H groups in total. The van der Waals surface area contributed by atoms with E-state index in [0.717, 1.165) is 5.56 Å². The highest BCUT2D eigenvalue weighted by molar-refractivity contribution is 5.74. The Kier molecular flexibility index (Phi) is 6.01. The number of benzene rings is 2. The predicted octanol–water partition coefficient (Wildman–Crippen LogP) is 3.42. The molecule has 27 heavy (non-hydrogen) atoms. The van der Waals surface area contributed by atoms with Gasteiger partial charge < -0.3 is 24.8 Å². The largest absolute Gasteiger partial charge is 0.491 e. The van der Waals surface area contributed by atoms with Crippen LogP contribution in [0.3, 0.4) is 0 Å². The number of nitrogens with one attached hydrogen (secondary N) is 2. The molecule has 0 aromatic heterocycles. The molecule has 0 saturated heterocycles. The summed E-state index contributed by atoms with van der Waals surface area (Å²) in [4.78, 5) is 12.2. The lowest BCUT2D eigenvalue weighted by molar-refractivity contribution is 0.171. The van der Waals surface area contributed by atoms with Crippen molar-refractivity contribution in [2.24, 2.45) is 0 Å². The fourth-order valence-electron chi connectivity index (χ4n) is 2.67. The number of hydrogen-bond acceptors (Lipinski definition) is 4. The van der Waals surface area contributed by atoms with E-state index in [2.05, 4.69) is 10.6 Å². The van der Waals surface area contributed by atoms with E-state index in [9.17, 15) is 9.18 Å². The number of ether oxygens (including phenoxy) is 3. The Labute approximate surface area is 157 Å². The van der Waals surface area contributed by atoms with Gasteiger partial charge in [-0.1, -0.05) is 6.07 Å². The van der Waals surface area contributed by atoms with Gasteiger partial charge in [0.25, 0.3) is 0 Å². The van der Waals surface area contributed by atoms with Gasteiger partial charge in [-0.05, 0) is 55.8 Å². The number of carbonyl (C=O) groups excluding carboxylic acids is 1. The maximum atomic E-state index is 12.9. The van der Waals surface area contributed by atoms with Gasteiger partial charge in [-0.2, -0.15) is 0 Å². The van der Waals surface area contributed by atoms with Crippen LogP contribution in [0.4, 0.5) is 9.18 Å². The lowest BCUT2D eigenvalue weighted by atomic mass is 10.1. The molecule has 7 heteroatoms. The Morgan fingerprint density at radius 3 is 2.52 bits per heavy atom. The van der Waals surface area contributed by atoms with Crippen molar-refractivity contribution in [2.45, 2.75) is 25.9 Å². The first-order chi connectivity index (χ1) is 13.0. The van der Waals surface area contributed by atoms with Crippen LogP contribution in [-0.2, 0) is 0 Å². The van der Waals surface area contributed by atoms with Crippen LogP contribution in [0.25, 0.3) is 0 Å². The summed E-state index contributed by atoms with van der Waals surface area (Å²) in [6, 6.07) is 10.7. The second-order valence-corrected chi connectivity index (χ2v) is 6.41. The van der Waals surface area contributed by atoms with Gasteiger partial charge in [0, 0.05) is 0 Å². The van der Waals surface area contributed by atoms with Crippen molar-refractivity contribution in [3.8, 4) is 17.2 Å². The fourth-order valence-corrected chi connectivity index (χ4v) is 2.67. The number of hydrogen-bond donors (Lipinski definition) is 2. The predicted molar refractivity (Wildman–Crippen MR) is 98.9 cm³/mol. The molecule has 3 rings (SSSR count). The zero-order valence-corrected chi connectivity index (χ0v) is 15.3. The first-order valence-corrected chi connectivity index (χ1v) is 8.86. The molecular weight excluding hydrogens is 351 g/mol. The Balaban J connectivity index is 1.47. The van der Waals surface area contributed by atoms with Gasteiger partial charge in [0.1, 0.15) is 31.4 Å². The molecule has 2 unspecified atom stereocenters. The Morgan fingerprint density at radius 2 is 1.78 bits per heavy atom. The number of carbonyl (C=O) groups is 1. The van der Waals surface area contributed by atoms with Crippen LogP contribution in [0, 0.1) is 5.82 Å². The molecule has 1 aliphatic rings. The minimum atomic E-state index is -0.318. The molecule has 2 aromatic carbocycles. The summed E-state index contributed by atoms with van der Waals surface area (Å²) >= 11 is 0. The number of amides is 2. The van der Waals surface area contributed by atoms with Gasteiger partial charge in [0.2, 0.25) is 0 Å². The minimum absolute atomic E-state index is 0.203. The highest BCUT2D eigenvalue weighted by atomic mass is 19.1. The third kappa shape index (κ3) is 5.26. The average Bonchev–Trinajstić information content (AvgIpc) is 2.67. The van der Waals surface area contributed by atoms with Crippen molar-refractivity contribution >= 4 is 6.03 Å². The van der Waals surface area contributed by atoms with Crippen LogP contribution < -0.4 is 24.8 Å². The second kappa shape index (κ2) is 8.62. The Bertz CT molecular complexity index is 782. The summed E-state index contributed by atoms with van der Waals surface area (Å²) in [6.07, 6.45) is 0. The summed E-state index contributed by atoms with van der Waals surface area (Å²) in [5.74, 6) is 1.64. The number of urea groups is 1. The van der Waals surface area contributed by atoms with Gasteiger partial charge in [-0.15, -0.1) is 0 Å². The van der Waals surface area contributed by atoms with Crippen molar-refractivity contribution < 1.29 is 23.4 Å². The highest BCUT2D eigenvalue weighted by Crippen LogP contribution is 2.32. The lowest BCUT2D eigenvalue weighted by Crippen LogP contribution is -2.44. The maximum Gasteiger partial charge on any atom is 0.315 e. The molecule has 144 valence electrons. The molecule has 0 bridgehead atoms. The van der Waals surface area contributed by atoms with Crippen LogP contribution in [-0.4, -0.2) is 31.9 Å². The molecule has 1 aliphatic heterocycles. The topological polar surface area (TPSA) is 68.8 Å². The monoisotopic (exact) mass is 374 g/mol. The zero-order valence-electron chi connectivity index (χ0n) is 15.3. The van der Waals surface area contributed by atoms with Gasteiger partial charge in [0.15, 0.2) is 11.5 Å². The highest BCUT2D eigenvalue weighted by Gasteiger charge is 2.16. The number of halogens is 1. The second-order valence-electron chi connectivity index (χ2n) is 6.41. The fraction of sp³-hybridized carbons (Fsp3) is 0.350. The van der Waals surface area contributed by atoms with Gasteiger partial charge >= 0.3 is 6.03 Å². The van der Waals surface area contributed by atoms with Crippen LogP contribution >= 0.6 is 0 Å². The first-order valence-electron chi connectivity index (χ1n) is 8.86. The molecule has 0 spiro atoms. The van der Waals surface area contributed by atoms with Crippen LogP contribution in [0.2, 0.25) is 0 Å². The summed E-state index contributed by atoms with van der Waals surface area (Å²) in [5, 5.41) is 5.71. The molecule has 0 radical (unpaired) electrons. The van der Waals surface area contributed by atoms with Gasteiger partial charge in [-0.3, -0.25) is 0 Å². The third-order valence-electron chi connectivity index (χ3n) is 4.10. The van der Waals surface area contributed by atoms with E-state index < -0.39 is 0 Å². The number of rotatable bonds is 6. The zero-order chi connectivity index (χ0) is 19.2. The van der Waals surface area contributed by atoms with E-state index in [-0.39, 0.29) is 30.5 Å². The molecule has 1 heterocycles. The first kappa shape index (κ1) is 18.8. The van der Waals surface area contributed by atoms with Crippen molar-refractivity contribution in [1.29, 1.82) is 0 Å². The molecular formula is C20H23FN2O4. The standard InChI is InChI=1S/C20H23FN2O4/c1-13(12-27-17-6-4-16(21)5-7-17)22-20(24)23-14(2)15-3-8-18-19(11-15)26-10-9-25-18/h3-8,11,13-14H,9-10,12H2,1-2H3,(H2,22,23,24). The van der Waals surface area contributed by atoms with E-state index >= 15 is 0 Å². The van der Waals surface area contributed by atoms with E-state index in [4.69, 9.17) is 14.2 Å². The smallest absolute Gasteiger partial charge is 0.315 e. The summed E-state index contributed by atoms with van der Waals surface area (Å²) in [5.41, 5.74) is 0.921. The van der Waals surface area contributed by atoms with Gasteiger partial charge in [0.05, 0.1) is 12.1 Å². The van der Waals surface area contributed by atoms with Gasteiger partial charge in [-0.25, -0.2) is 9.18 Å². The molecule has 2 atom stereocenters. The lowest BCUT2D eigenvalue weighted by Gasteiger charge is -2.22. The Hall–Kier alpha value is -2.96. The minimum Gasteiger partial charge on any atom is -0.491 e. The van der Waals surface area contributed by atoms with Crippen LogP contribution in [0.1, 0.15) is 25.5 Å². The molecule has 0 aliphatic carbocycles. The average molecular weight is 374 g/mol. The van der Waals surface area contributed by atoms with E-state index in [1.54, 1.807) is 12.1 Å². The molecule has 6 nitrogen and oxygen atoms in total. The molecule has 0 fully saturated rings. The van der Waals surface area contributed by atoms with Crippen molar-refractivity contribution in [2.75, 3.05) is 19.8 Å². The van der Waals surface area contributed by atoms with E-state index in [0.29, 0.717) is 30.5 Å². The quantitative estimate of drug-likeness (QED) is 0.813. The van der Waals surface area contributed by atoms with Crippen LogP contribution in [0.5, 0.6) is 17.2 Å². The summed E-state index contributed by atoms with van der Waals surface area (Å²) < 4.78 is 29.5. The summed E-state index contributed by atoms with van der Waals surface area (Å²) in [6.45, 7) is 5.06. The summed E-state index contributed by atoms with van der Waals surface area (Å²) in [7, 11) is 0. The normalized spacial score (nSPS) is 14.8. The number of fused-ring (bicyclic) bond motifs is 1. The maximum absolute atomic E-state index is 12.9. The third-order valence-corrected chi connectivity index (χ3v) is 4.10. The van der Waals surface area contributed by atoms with Crippen LogP contribution in [0.15, 0.2) is 42.5 Å². The van der Waals surface area contributed by atoms with E-state index in [1.807, 2.05) is 32.0 Å². The molecule has 2 amide bonds.